The molecule has 0 aromatic carbocycles. The van der Waals surface area contributed by atoms with Crippen LogP contribution in [0, 0.1) is 0 Å². The summed E-state index contributed by atoms with van der Waals surface area (Å²) >= 11 is 0. The molecule has 1 aliphatic heterocycles. The number of halogens is 1. The number of hydrogen-bond acceptors (Lipinski definition) is 2. The third kappa shape index (κ3) is 2.53. The molecular formula is C15H12INO2. The fourth-order valence-corrected chi connectivity index (χ4v) is 2.03. The van der Waals surface area contributed by atoms with E-state index in [2.05, 4.69) is 0 Å². The van der Waals surface area contributed by atoms with Crippen LogP contribution >= 0.6 is 0 Å². The average Bonchev–Trinajstić information content (AvgIpc) is 2.54. The van der Waals surface area contributed by atoms with Crippen LogP contribution in [0.2, 0.25) is 0 Å². The number of aryl methyl sites for hydroxylation is 1. The van der Waals surface area contributed by atoms with Crippen molar-refractivity contribution >= 4 is 0 Å². The molecule has 1 aliphatic carbocycles. The number of hydrogen-bond donors (Lipinski definition) is 0. The van der Waals surface area contributed by atoms with Gasteiger partial charge in [-0.15, -0.1) is 0 Å². The van der Waals surface area contributed by atoms with Crippen LogP contribution in [-0.4, -0.2) is 0 Å². The predicted molar refractivity (Wildman–Crippen MR) is 68.2 cm³/mol. The Hall–Kier alpha value is -1.69. The molecule has 0 saturated heterocycles. The summed E-state index contributed by atoms with van der Waals surface area (Å²) in [4.78, 5) is 12.0. The van der Waals surface area contributed by atoms with Crippen LogP contribution in [0.25, 0.3) is 22.5 Å². The Morgan fingerprint density at radius 3 is 2.42 bits per heavy atom. The van der Waals surface area contributed by atoms with E-state index in [0.29, 0.717) is 11.3 Å². The first-order valence-electron chi connectivity index (χ1n) is 5.73. The zero-order chi connectivity index (χ0) is 12.5. The minimum absolute atomic E-state index is 0. The first-order chi connectivity index (χ1) is 8.75. The van der Waals surface area contributed by atoms with Gasteiger partial charge >= 0.3 is 5.63 Å². The second-order valence-corrected chi connectivity index (χ2v) is 4.21. The molecule has 3 rings (SSSR count). The molecule has 0 fully saturated rings. The summed E-state index contributed by atoms with van der Waals surface area (Å²) in [6, 6.07) is 13.2. The molecule has 0 atom stereocenters. The maximum atomic E-state index is 12.0. The van der Waals surface area contributed by atoms with Crippen LogP contribution in [0.3, 0.4) is 0 Å². The number of rotatable bonds is 1. The molecule has 2 heterocycles. The molecule has 1 aromatic heterocycles. The van der Waals surface area contributed by atoms with Crippen LogP contribution in [0.15, 0.2) is 64.1 Å². The molecule has 0 bridgehead atoms. The molecular weight excluding hydrogens is 353 g/mol. The summed E-state index contributed by atoms with van der Waals surface area (Å²) in [6.45, 7) is 0. The van der Waals surface area contributed by atoms with Gasteiger partial charge in [0.05, 0.1) is 5.56 Å². The van der Waals surface area contributed by atoms with Gasteiger partial charge < -0.3 is 28.4 Å². The lowest BCUT2D eigenvalue weighted by Crippen LogP contribution is -3.00. The highest BCUT2D eigenvalue weighted by atomic mass is 127. The Balaban J connectivity index is 0.00000133. The van der Waals surface area contributed by atoms with E-state index in [-0.39, 0.29) is 29.6 Å². The Bertz CT molecular complexity index is 719. The molecule has 4 heteroatoms. The number of furan rings is 1. The second kappa shape index (κ2) is 5.52. The summed E-state index contributed by atoms with van der Waals surface area (Å²) in [5.74, 6) is 0.619. The summed E-state index contributed by atoms with van der Waals surface area (Å²) in [5.41, 5.74) is 2.06. The van der Waals surface area contributed by atoms with Gasteiger partial charge in [0.25, 0.3) is 0 Å². The number of nitrogens with zero attached hydrogens (tertiary/aromatic N) is 1. The van der Waals surface area contributed by atoms with Crippen LogP contribution in [0.5, 0.6) is 0 Å². The highest BCUT2D eigenvalue weighted by Gasteiger charge is 2.18. The Labute approximate surface area is 127 Å². The maximum absolute atomic E-state index is 12.0. The predicted octanol–water partition coefficient (Wildman–Crippen LogP) is -0.760. The molecule has 3 nitrogen and oxygen atoms in total. The van der Waals surface area contributed by atoms with Crippen LogP contribution in [-0.2, 0) is 7.05 Å². The molecule has 0 spiro atoms. The van der Waals surface area contributed by atoms with Crippen molar-refractivity contribution in [3.63, 3.8) is 0 Å². The molecule has 19 heavy (non-hydrogen) atoms. The van der Waals surface area contributed by atoms with Gasteiger partial charge in [-0.3, -0.25) is 0 Å². The minimum Gasteiger partial charge on any atom is -1.00 e. The molecule has 2 aliphatic rings. The summed E-state index contributed by atoms with van der Waals surface area (Å²) in [5, 5.41) is 0. The largest absolute Gasteiger partial charge is 1.00 e. The van der Waals surface area contributed by atoms with Crippen molar-refractivity contribution in [1.82, 2.24) is 0 Å². The summed E-state index contributed by atoms with van der Waals surface area (Å²) in [7, 11) is 1.94. The van der Waals surface area contributed by atoms with Crippen molar-refractivity contribution in [3.05, 3.63) is 65.3 Å². The van der Waals surface area contributed by atoms with E-state index in [0.717, 1.165) is 11.1 Å². The van der Waals surface area contributed by atoms with Gasteiger partial charge in [-0.1, -0.05) is 24.3 Å². The van der Waals surface area contributed by atoms with Crippen molar-refractivity contribution in [2.45, 2.75) is 0 Å². The van der Waals surface area contributed by atoms with Gasteiger partial charge in [0, 0.05) is 23.3 Å². The monoisotopic (exact) mass is 365 g/mol. The van der Waals surface area contributed by atoms with Crippen molar-refractivity contribution in [2.24, 2.45) is 7.05 Å². The molecule has 0 N–H and O–H groups in total. The zero-order valence-corrected chi connectivity index (χ0v) is 12.5. The van der Waals surface area contributed by atoms with Gasteiger partial charge in [-0.2, -0.15) is 0 Å². The van der Waals surface area contributed by atoms with Crippen molar-refractivity contribution in [3.8, 4) is 22.5 Å². The van der Waals surface area contributed by atoms with E-state index >= 15 is 0 Å². The van der Waals surface area contributed by atoms with E-state index in [9.17, 15) is 4.79 Å². The van der Waals surface area contributed by atoms with E-state index in [4.69, 9.17) is 4.42 Å². The van der Waals surface area contributed by atoms with Gasteiger partial charge in [-0.05, 0) is 6.07 Å². The van der Waals surface area contributed by atoms with Crippen LogP contribution in [0.1, 0.15) is 0 Å². The normalized spacial score (nSPS) is 10.2. The van der Waals surface area contributed by atoms with E-state index in [1.54, 1.807) is 0 Å². The number of pyridine rings is 1. The third-order valence-corrected chi connectivity index (χ3v) is 2.94. The Morgan fingerprint density at radius 1 is 1.00 bits per heavy atom. The minimum atomic E-state index is -0.287. The highest BCUT2D eigenvalue weighted by Crippen LogP contribution is 2.30. The third-order valence-electron chi connectivity index (χ3n) is 2.94. The summed E-state index contributed by atoms with van der Waals surface area (Å²) in [6.07, 6.45) is 3.83. The fourth-order valence-electron chi connectivity index (χ4n) is 2.03. The Morgan fingerprint density at radius 2 is 1.68 bits per heavy atom. The van der Waals surface area contributed by atoms with E-state index in [1.165, 1.54) is 0 Å². The lowest BCUT2D eigenvalue weighted by atomic mass is 10.0. The molecule has 0 radical (unpaired) electrons. The smallest absolute Gasteiger partial charge is 0.344 e. The van der Waals surface area contributed by atoms with Crippen LogP contribution in [0.4, 0.5) is 0 Å². The zero-order valence-electron chi connectivity index (χ0n) is 10.3. The molecule has 0 saturated carbocycles. The first-order valence-corrected chi connectivity index (χ1v) is 5.73. The fraction of sp³-hybridized carbons (Fsp3) is 0.0667. The lowest BCUT2D eigenvalue weighted by molar-refractivity contribution is -0.671. The van der Waals surface area contributed by atoms with E-state index < -0.39 is 0 Å². The lowest BCUT2D eigenvalue weighted by Gasteiger charge is -1.96. The highest BCUT2D eigenvalue weighted by molar-refractivity contribution is 5.81. The number of fused-ring (bicyclic) bond motifs is 1. The van der Waals surface area contributed by atoms with Gasteiger partial charge in [-0.25, -0.2) is 9.36 Å². The number of aromatic nitrogens is 1. The molecule has 0 unspecified atom stereocenters. The molecule has 96 valence electrons. The van der Waals surface area contributed by atoms with Gasteiger partial charge in [0.1, 0.15) is 12.8 Å². The average molecular weight is 365 g/mol. The molecule has 1 aromatic rings. The first kappa shape index (κ1) is 13.7. The van der Waals surface area contributed by atoms with Crippen molar-refractivity contribution in [1.29, 1.82) is 0 Å². The quantitative estimate of drug-likeness (QED) is 0.420. The van der Waals surface area contributed by atoms with Crippen molar-refractivity contribution in [2.75, 3.05) is 0 Å². The topological polar surface area (TPSA) is 34.1 Å². The van der Waals surface area contributed by atoms with Crippen LogP contribution < -0.4 is 34.2 Å². The second-order valence-electron chi connectivity index (χ2n) is 4.21. The van der Waals surface area contributed by atoms with Crippen molar-refractivity contribution < 1.29 is 33.0 Å². The Kier molecular flexibility index (Phi) is 3.99. The SMILES string of the molecule is C[n+]1ccc(-c2c3cccccc-3oc2=O)cc1.[I-]. The standard InChI is InChI=1S/C15H12NO2.HI/c1-16-9-7-11(8-10-16)14-12-5-3-2-4-6-13(12)18-15(14)17;/h2-10H,1H3;1H/q+1;/p-1. The maximum Gasteiger partial charge on any atom is 0.344 e. The van der Waals surface area contributed by atoms with Gasteiger partial charge in [0.15, 0.2) is 12.4 Å². The molecule has 0 amide bonds. The van der Waals surface area contributed by atoms with Gasteiger partial charge in [0.2, 0.25) is 0 Å². The summed E-state index contributed by atoms with van der Waals surface area (Å²) < 4.78 is 7.21. The van der Waals surface area contributed by atoms with E-state index in [1.807, 2.05) is 66.5 Å².